The zero-order valence-electron chi connectivity index (χ0n) is 13.5. The molecule has 4 aromatic rings. The fourth-order valence-electron chi connectivity index (χ4n) is 2.77. The van der Waals surface area contributed by atoms with E-state index in [1.165, 1.54) is 31.0 Å². The van der Waals surface area contributed by atoms with E-state index in [1.54, 1.807) is 17.8 Å². The third-order valence-corrected chi connectivity index (χ3v) is 7.82. The summed E-state index contributed by atoms with van der Waals surface area (Å²) < 4.78 is 29.5. The molecule has 10 heteroatoms. The average Bonchev–Trinajstić information content (AvgIpc) is 3.23. The van der Waals surface area contributed by atoms with E-state index in [0.29, 0.717) is 9.79 Å². The Hall–Kier alpha value is -1.39. The summed E-state index contributed by atoms with van der Waals surface area (Å²) in [7, 11) is 0.147. The summed E-state index contributed by atoms with van der Waals surface area (Å²) in [6.45, 7) is 0.844. The van der Waals surface area contributed by atoms with Gasteiger partial charge in [0.1, 0.15) is 4.83 Å². The van der Waals surface area contributed by atoms with Gasteiger partial charge in [0.2, 0.25) is 5.03 Å². The number of aromatic nitrogens is 3. The molecule has 0 saturated carbocycles. The molecule has 4 heterocycles. The Morgan fingerprint density at radius 2 is 2.08 bits per heavy atom. The number of fused-ring (bicyclic) bond motifs is 2. The van der Waals surface area contributed by atoms with Crippen molar-refractivity contribution in [1.82, 2.24) is 18.3 Å². The van der Waals surface area contributed by atoms with Crippen LogP contribution >= 0.6 is 34.3 Å². The van der Waals surface area contributed by atoms with E-state index in [2.05, 4.69) is 9.88 Å². The molecule has 4 rings (SSSR count). The number of likely N-dealkylation sites (N-methyl/N-ethyl adjacent to an activating group) is 1. The van der Waals surface area contributed by atoms with Crippen LogP contribution in [0.5, 0.6) is 0 Å². The van der Waals surface area contributed by atoms with Crippen molar-refractivity contribution in [2.24, 2.45) is 0 Å². The summed E-state index contributed by atoms with van der Waals surface area (Å²) in [6, 6.07) is 1.97. The van der Waals surface area contributed by atoms with Crippen molar-refractivity contribution in [2.75, 3.05) is 20.6 Å². The maximum Gasteiger partial charge on any atom is 0.288 e. The van der Waals surface area contributed by atoms with Crippen LogP contribution in [0.1, 0.15) is 5.56 Å². The second-order valence-electron chi connectivity index (χ2n) is 5.91. The lowest BCUT2D eigenvalue weighted by Gasteiger charge is -2.08. The van der Waals surface area contributed by atoms with Gasteiger partial charge in [-0.25, -0.2) is 8.96 Å². The second kappa shape index (κ2) is 6.10. The van der Waals surface area contributed by atoms with Crippen LogP contribution in [0.4, 0.5) is 0 Å². The predicted octanol–water partition coefficient (Wildman–Crippen LogP) is 3.41. The van der Waals surface area contributed by atoms with Crippen LogP contribution < -0.4 is 0 Å². The quantitative estimate of drug-likeness (QED) is 0.502. The first-order valence-corrected chi connectivity index (χ1v) is 11.1. The van der Waals surface area contributed by atoms with Crippen molar-refractivity contribution in [3.63, 3.8) is 0 Å². The van der Waals surface area contributed by atoms with E-state index in [0.717, 1.165) is 23.9 Å². The summed E-state index contributed by atoms with van der Waals surface area (Å²) in [4.78, 5) is 7.49. The van der Waals surface area contributed by atoms with E-state index >= 15 is 0 Å². The minimum atomic E-state index is -3.85. The van der Waals surface area contributed by atoms with Gasteiger partial charge < -0.3 is 4.90 Å². The van der Waals surface area contributed by atoms with Crippen LogP contribution in [0, 0.1) is 0 Å². The highest BCUT2D eigenvalue weighted by Crippen LogP contribution is 2.33. The van der Waals surface area contributed by atoms with Gasteiger partial charge in [-0.1, -0.05) is 11.6 Å². The number of thiazole rings is 1. The van der Waals surface area contributed by atoms with Crippen LogP contribution in [-0.2, 0) is 16.4 Å². The Labute approximate surface area is 157 Å². The minimum absolute atomic E-state index is 0.0000904. The molecule has 0 radical (unpaired) electrons. The number of halogens is 1. The first kappa shape index (κ1) is 17.0. The highest BCUT2D eigenvalue weighted by atomic mass is 35.5. The molecule has 132 valence electrons. The average molecular weight is 415 g/mol. The molecule has 0 fully saturated rings. The highest BCUT2D eigenvalue weighted by molar-refractivity contribution is 7.90. The fourth-order valence-corrected chi connectivity index (χ4v) is 6.72. The summed E-state index contributed by atoms with van der Waals surface area (Å²) in [5.41, 5.74) is 1.01. The SMILES string of the molecule is CN(C)CCc1cn(S(=O)(=O)c2c(Cl)nc3sccn23)c2sccc12. The van der Waals surface area contributed by atoms with Gasteiger partial charge in [0.05, 0.1) is 0 Å². The van der Waals surface area contributed by atoms with Gasteiger partial charge in [0.15, 0.2) is 10.1 Å². The smallest absolute Gasteiger partial charge is 0.288 e. The largest absolute Gasteiger partial charge is 0.309 e. The predicted molar refractivity (Wildman–Crippen MR) is 103 cm³/mol. The Balaban J connectivity index is 1.90. The molecule has 4 aromatic heterocycles. The second-order valence-corrected chi connectivity index (χ2v) is 9.77. The molecule has 6 nitrogen and oxygen atoms in total. The number of imidazole rings is 1. The van der Waals surface area contributed by atoms with Crippen molar-refractivity contribution in [1.29, 1.82) is 0 Å². The van der Waals surface area contributed by atoms with E-state index in [9.17, 15) is 8.42 Å². The third kappa shape index (κ3) is 2.70. The Kier molecular flexibility index (Phi) is 4.16. The Morgan fingerprint density at radius 1 is 1.28 bits per heavy atom. The summed E-state index contributed by atoms with van der Waals surface area (Å²) in [6.07, 6.45) is 4.16. The van der Waals surface area contributed by atoms with E-state index < -0.39 is 10.0 Å². The van der Waals surface area contributed by atoms with Crippen LogP contribution in [0.2, 0.25) is 5.15 Å². The van der Waals surface area contributed by atoms with Gasteiger partial charge in [-0.15, -0.1) is 22.7 Å². The normalized spacial score (nSPS) is 12.8. The van der Waals surface area contributed by atoms with Crippen LogP contribution in [0.25, 0.3) is 15.2 Å². The van der Waals surface area contributed by atoms with Gasteiger partial charge in [0.25, 0.3) is 10.0 Å². The number of thiophene rings is 1. The topological polar surface area (TPSA) is 59.6 Å². The summed E-state index contributed by atoms with van der Waals surface area (Å²) >= 11 is 8.91. The van der Waals surface area contributed by atoms with Gasteiger partial charge in [0, 0.05) is 29.7 Å². The molecule has 25 heavy (non-hydrogen) atoms. The first-order valence-electron chi connectivity index (χ1n) is 7.48. The van der Waals surface area contributed by atoms with Crippen molar-refractivity contribution >= 4 is 59.5 Å². The number of rotatable bonds is 5. The van der Waals surface area contributed by atoms with Gasteiger partial charge >= 0.3 is 0 Å². The minimum Gasteiger partial charge on any atom is -0.309 e. The van der Waals surface area contributed by atoms with Crippen LogP contribution in [0.15, 0.2) is 34.2 Å². The van der Waals surface area contributed by atoms with Crippen molar-refractivity contribution < 1.29 is 8.42 Å². The molecule has 0 aliphatic carbocycles. The third-order valence-electron chi connectivity index (χ3n) is 3.97. The first-order chi connectivity index (χ1) is 11.9. The number of hydrogen-bond donors (Lipinski definition) is 0. The number of hydrogen-bond acceptors (Lipinski definition) is 6. The van der Waals surface area contributed by atoms with Crippen molar-refractivity contribution in [3.8, 4) is 0 Å². The summed E-state index contributed by atoms with van der Waals surface area (Å²) in [5, 5.41) is 4.68. The lowest BCUT2D eigenvalue weighted by Crippen LogP contribution is -2.15. The van der Waals surface area contributed by atoms with E-state index in [4.69, 9.17) is 11.6 Å². The van der Waals surface area contributed by atoms with Crippen LogP contribution in [0.3, 0.4) is 0 Å². The van der Waals surface area contributed by atoms with Crippen molar-refractivity contribution in [2.45, 2.75) is 11.4 Å². The molecule has 0 aromatic carbocycles. The zero-order chi connectivity index (χ0) is 17.8. The fraction of sp³-hybridized carbons (Fsp3) is 0.267. The van der Waals surface area contributed by atoms with E-state index in [1.807, 2.05) is 25.5 Å². The van der Waals surface area contributed by atoms with E-state index in [-0.39, 0.29) is 10.2 Å². The maximum absolute atomic E-state index is 13.3. The molecular formula is C15H15ClN4O2S3. The molecule has 0 spiro atoms. The standard InChI is InChI=1S/C15H15ClN4O2S3/c1-18(2)5-3-10-9-20(13-11(10)4-7-23-13)25(21,22)14-12(16)17-15-19(14)6-8-24-15/h4,6-9H,3,5H2,1-2H3. The Bertz CT molecular complexity index is 1170. The molecule has 0 amide bonds. The Morgan fingerprint density at radius 3 is 2.84 bits per heavy atom. The summed E-state index contributed by atoms with van der Waals surface area (Å²) in [5.74, 6) is 0. The van der Waals surface area contributed by atoms with Gasteiger partial charge in [-0.05, 0) is 37.5 Å². The molecule has 0 N–H and O–H groups in total. The zero-order valence-corrected chi connectivity index (χ0v) is 16.7. The van der Waals surface area contributed by atoms with Crippen LogP contribution in [-0.4, -0.2) is 47.3 Å². The molecule has 0 aliphatic heterocycles. The molecular weight excluding hydrogens is 400 g/mol. The molecule has 0 unspecified atom stereocenters. The number of nitrogens with zero attached hydrogens (tertiary/aromatic N) is 4. The lowest BCUT2D eigenvalue weighted by atomic mass is 10.2. The molecule has 0 saturated heterocycles. The van der Waals surface area contributed by atoms with Crippen molar-refractivity contribution in [3.05, 3.63) is 39.9 Å². The van der Waals surface area contributed by atoms with Gasteiger partial charge in [-0.2, -0.15) is 8.42 Å². The maximum atomic E-state index is 13.3. The molecule has 0 bridgehead atoms. The monoisotopic (exact) mass is 414 g/mol. The van der Waals surface area contributed by atoms with Gasteiger partial charge in [-0.3, -0.25) is 4.40 Å². The highest BCUT2D eigenvalue weighted by Gasteiger charge is 2.29. The lowest BCUT2D eigenvalue weighted by molar-refractivity contribution is 0.414. The molecule has 0 aliphatic rings. The molecule has 0 atom stereocenters.